The maximum Gasteiger partial charge on any atom is 0.306 e. The first-order valence-electron chi connectivity index (χ1n) is 28.2. The van der Waals surface area contributed by atoms with Crippen molar-refractivity contribution in [3.8, 4) is 0 Å². The van der Waals surface area contributed by atoms with Crippen molar-refractivity contribution >= 4 is 17.9 Å². The third-order valence-corrected chi connectivity index (χ3v) is 11.4. The maximum atomic E-state index is 12.8. The van der Waals surface area contributed by atoms with E-state index in [0.29, 0.717) is 19.3 Å². The van der Waals surface area contributed by atoms with Crippen LogP contribution in [0.1, 0.15) is 233 Å². The first-order chi connectivity index (χ1) is 34.5. The number of rotatable bonds is 49. The molecule has 0 saturated heterocycles. The summed E-state index contributed by atoms with van der Waals surface area (Å²) in [5, 5.41) is 0. The molecule has 0 saturated carbocycles. The highest BCUT2D eigenvalue weighted by Crippen LogP contribution is 2.12. The van der Waals surface area contributed by atoms with E-state index in [0.717, 1.165) is 96.3 Å². The molecule has 0 unspecified atom stereocenters. The van der Waals surface area contributed by atoms with Crippen molar-refractivity contribution in [2.75, 3.05) is 13.2 Å². The minimum atomic E-state index is -0.846. The predicted molar refractivity (Wildman–Crippen MR) is 302 cm³/mol. The van der Waals surface area contributed by atoms with Gasteiger partial charge >= 0.3 is 17.9 Å². The molecule has 0 amide bonds. The molecule has 0 radical (unpaired) electrons. The van der Waals surface area contributed by atoms with Crippen molar-refractivity contribution in [3.05, 3.63) is 134 Å². The van der Waals surface area contributed by atoms with Gasteiger partial charge in [-0.15, -0.1) is 0 Å². The molecule has 70 heavy (non-hydrogen) atoms. The lowest BCUT2D eigenvalue weighted by Gasteiger charge is -2.18. The fourth-order valence-electron chi connectivity index (χ4n) is 7.16. The van der Waals surface area contributed by atoms with Crippen LogP contribution in [0.2, 0.25) is 0 Å². The van der Waals surface area contributed by atoms with Crippen LogP contribution in [0.3, 0.4) is 0 Å². The predicted octanol–water partition coefficient (Wildman–Crippen LogP) is 19.0. The van der Waals surface area contributed by atoms with Gasteiger partial charge in [-0.25, -0.2) is 0 Å². The summed E-state index contributed by atoms with van der Waals surface area (Å²) >= 11 is 0. The topological polar surface area (TPSA) is 78.9 Å². The molecule has 6 heteroatoms. The van der Waals surface area contributed by atoms with Crippen LogP contribution < -0.4 is 0 Å². The van der Waals surface area contributed by atoms with Gasteiger partial charge in [0.15, 0.2) is 6.10 Å². The van der Waals surface area contributed by atoms with Crippen LogP contribution in [0, 0.1) is 0 Å². The largest absolute Gasteiger partial charge is 0.462 e. The Morgan fingerprint density at radius 1 is 0.300 bits per heavy atom. The van der Waals surface area contributed by atoms with Crippen LogP contribution in [-0.4, -0.2) is 37.2 Å². The summed E-state index contributed by atoms with van der Waals surface area (Å²) in [6.45, 7) is 6.37. The summed E-state index contributed by atoms with van der Waals surface area (Å²) < 4.78 is 16.7. The van der Waals surface area contributed by atoms with Gasteiger partial charge in [-0.3, -0.25) is 14.4 Å². The zero-order valence-electron chi connectivity index (χ0n) is 45.0. The standard InChI is InChI=1S/C64H102O6/c1-4-7-10-13-16-19-22-25-28-31-32-34-36-39-42-45-48-51-54-57-63(66)69-60-61(59-68-62(65)56-53-50-47-44-41-38-35-30-27-24-21-18-15-12-9-6-3)70-64(67)58-55-52-49-46-43-40-37-33-29-26-23-20-17-14-11-8-5-2/h7,10,16-17,19-20,25-26,28-30,32,34-35,37,39-40,42,46,48-49,51,61H,4-6,8-9,11-15,18,21-24,27,31,33,36,38,41,43-45,47,50,52-60H2,1-3H3/b10-7-,19-16-,20-17-,28-25-,29-26-,34-32-,35-30-,40-37-,42-39-,49-46-,51-48-/t61-/m1/s1. The fraction of sp³-hybridized carbons (Fsp3) is 0.609. The monoisotopic (exact) mass is 967 g/mol. The molecule has 394 valence electrons. The number of carbonyl (C=O) groups is 3. The Morgan fingerprint density at radius 2 is 0.600 bits per heavy atom. The van der Waals surface area contributed by atoms with E-state index < -0.39 is 12.1 Å². The molecular weight excluding hydrogens is 865 g/mol. The minimum Gasteiger partial charge on any atom is -0.462 e. The van der Waals surface area contributed by atoms with Crippen molar-refractivity contribution in [2.45, 2.75) is 239 Å². The van der Waals surface area contributed by atoms with E-state index in [-0.39, 0.29) is 38.0 Å². The van der Waals surface area contributed by atoms with Gasteiger partial charge in [-0.05, 0) is 122 Å². The van der Waals surface area contributed by atoms with Crippen molar-refractivity contribution in [1.29, 1.82) is 0 Å². The minimum absolute atomic E-state index is 0.132. The lowest BCUT2D eigenvalue weighted by atomic mass is 10.1. The van der Waals surface area contributed by atoms with Crippen LogP contribution in [-0.2, 0) is 28.6 Å². The van der Waals surface area contributed by atoms with Gasteiger partial charge in [-0.2, -0.15) is 0 Å². The molecule has 0 aliphatic carbocycles. The molecule has 0 spiro atoms. The molecule has 0 aliphatic rings. The Kier molecular flexibility index (Phi) is 53.5. The first kappa shape index (κ1) is 65.5. The third-order valence-electron chi connectivity index (χ3n) is 11.4. The molecule has 0 fully saturated rings. The number of hydrogen-bond acceptors (Lipinski definition) is 6. The van der Waals surface area contributed by atoms with Gasteiger partial charge in [0.25, 0.3) is 0 Å². The summed E-state index contributed by atoms with van der Waals surface area (Å²) in [7, 11) is 0. The summed E-state index contributed by atoms with van der Waals surface area (Å²) in [6.07, 6.45) is 80.3. The Balaban J connectivity index is 4.62. The van der Waals surface area contributed by atoms with E-state index in [1.165, 1.54) is 83.5 Å². The van der Waals surface area contributed by atoms with Crippen LogP contribution in [0.25, 0.3) is 0 Å². The van der Waals surface area contributed by atoms with Gasteiger partial charge in [0.05, 0.1) is 0 Å². The van der Waals surface area contributed by atoms with E-state index >= 15 is 0 Å². The van der Waals surface area contributed by atoms with E-state index in [1.54, 1.807) is 0 Å². The van der Waals surface area contributed by atoms with Crippen LogP contribution in [0.5, 0.6) is 0 Å². The molecule has 0 aromatic carbocycles. The van der Waals surface area contributed by atoms with Crippen molar-refractivity contribution in [2.24, 2.45) is 0 Å². The van der Waals surface area contributed by atoms with E-state index in [9.17, 15) is 14.4 Å². The van der Waals surface area contributed by atoms with E-state index in [4.69, 9.17) is 14.2 Å². The zero-order valence-corrected chi connectivity index (χ0v) is 45.0. The summed E-state index contributed by atoms with van der Waals surface area (Å²) in [4.78, 5) is 38.1. The second-order valence-electron chi connectivity index (χ2n) is 18.1. The highest BCUT2D eigenvalue weighted by Gasteiger charge is 2.19. The van der Waals surface area contributed by atoms with E-state index in [2.05, 4.69) is 142 Å². The number of esters is 3. The first-order valence-corrected chi connectivity index (χ1v) is 28.2. The number of hydrogen-bond donors (Lipinski definition) is 0. The van der Waals surface area contributed by atoms with Gasteiger partial charge in [0.1, 0.15) is 13.2 Å². The van der Waals surface area contributed by atoms with Crippen molar-refractivity contribution in [1.82, 2.24) is 0 Å². The smallest absolute Gasteiger partial charge is 0.306 e. The average molecular weight is 968 g/mol. The van der Waals surface area contributed by atoms with Gasteiger partial charge in [0, 0.05) is 19.3 Å². The van der Waals surface area contributed by atoms with Gasteiger partial charge in [-0.1, -0.05) is 225 Å². The zero-order chi connectivity index (χ0) is 50.7. The molecule has 0 aliphatic heterocycles. The van der Waals surface area contributed by atoms with Crippen LogP contribution in [0.4, 0.5) is 0 Å². The Hall–Kier alpha value is -4.45. The van der Waals surface area contributed by atoms with Gasteiger partial charge in [0.2, 0.25) is 0 Å². The number of unbranched alkanes of at least 4 members (excludes halogenated alkanes) is 16. The molecule has 1 atom stereocenters. The highest BCUT2D eigenvalue weighted by molar-refractivity contribution is 5.71. The average Bonchev–Trinajstić information content (AvgIpc) is 3.36. The third kappa shape index (κ3) is 54.5. The molecule has 0 heterocycles. The lowest BCUT2D eigenvalue weighted by molar-refractivity contribution is -0.166. The normalized spacial score (nSPS) is 13.1. The molecular formula is C64H102O6. The molecule has 0 bridgehead atoms. The summed E-state index contributed by atoms with van der Waals surface area (Å²) in [5.41, 5.74) is 0. The highest BCUT2D eigenvalue weighted by atomic mass is 16.6. The Labute approximate surface area is 430 Å². The Bertz CT molecular complexity index is 1530. The molecule has 0 aromatic rings. The summed E-state index contributed by atoms with van der Waals surface area (Å²) in [5.74, 6) is -1.09. The molecule has 0 rings (SSSR count). The molecule has 6 nitrogen and oxygen atoms in total. The fourth-order valence-corrected chi connectivity index (χ4v) is 7.16. The second kappa shape index (κ2) is 57.1. The van der Waals surface area contributed by atoms with E-state index in [1.807, 2.05) is 12.2 Å². The number of ether oxygens (including phenoxy) is 3. The lowest BCUT2D eigenvalue weighted by Crippen LogP contribution is -2.30. The van der Waals surface area contributed by atoms with Gasteiger partial charge < -0.3 is 14.2 Å². The summed E-state index contributed by atoms with van der Waals surface area (Å²) in [6, 6.07) is 0. The van der Waals surface area contributed by atoms with Crippen molar-refractivity contribution < 1.29 is 28.6 Å². The SMILES string of the molecule is CC/C=C\C/C=C\C/C=C\C/C=C\C/C=C\C/C=C\CCC(=O)OC[C@@H](COC(=O)CCCCCCC/C=C\CCCCCCCCC)OC(=O)CCC/C=C\C/C=C\C/C=C\C/C=C\CCCCC. The number of carbonyl (C=O) groups excluding carboxylic acids is 3. The maximum absolute atomic E-state index is 12.8. The van der Waals surface area contributed by atoms with Crippen LogP contribution >= 0.6 is 0 Å². The molecule has 0 N–H and O–H groups in total. The quantitative estimate of drug-likeness (QED) is 0.0262. The Morgan fingerprint density at radius 3 is 1.04 bits per heavy atom. The molecule has 0 aromatic heterocycles. The second-order valence-corrected chi connectivity index (χ2v) is 18.1. The van der Waals surface area contributed by atoms with Crippen molar-refractivity contribution in [3.63, 3.8) is 0 Å². The number of allylic oxidation sites excluding steroid dienone is 22. The van der Waals surface area contributed by atoms with Crippen LogP contribution in [0.15, 0.2) is 134 Å².